The average Bonchev–Trinajstić information content (AvgIpc) is 2.62. The van der Waals surface area contributed by atoms with Crippen LogP contribution in [0.15, 0.2) is 24.3 Å². The monoisotopic (exact) mass is 206 g/mol. The summed E-state index contributed by atoms with van der Waals surface area (Å²) in [6, 6.07) is 0. The first-order valence-electron chi connectivity index (χ1n) is 5.69. The minimum atomic E-state index is 0.191. The van der Waals surface area contributed by atoms with Crippen LogP contribution in [-0.2, 0) is 9.53 Å². The van der Waals surface area contributed by atoms with Crippen LogP contribution in [0.5, 0.6) is 0 Å². The summed E-state index contributed by atoms with van der Waals surface area (Å²) in [7, 11) is 0. The second-order valence-corrected chi connectivity index (χ2v) is 4.57. The number of allylic oxidation sites excluding steroid dienone is 1. The molecule has 2 rings (SSSR count). The summed E-state index contributed by atoms with van der Waals surface area (Å²) in [6.07, 6.45) is 8.80. The SMILES string of the molecule is C=CCOCC12CCCC1=CC(=O)CC2. The second kappa shape index (κ2) is 4.31. The van der Waals surface area contributed by atoms with Crippen LogP contribution in [0.3, 0.4) is 0 Å². The van der Waals surface area contributed by atoms with E-state index in [-0.39, 0.29) is 5.41 Å². The third kappa shape index (κ3) is 2.05. The Morgan fingerprint density at radius 3 is 3.13 bits per heavy atom. The van der Waals surface area contributed by atoms with Crippen molar-refractivity contribution in [3.63, 3.8) is 0 Å². The molecule has 1 unspecified atom stereocenters. The van der Waals surface area contributed by atoms with Crippen molar-refractivity contribution in [3.05, 3.63) is 24.3 Å². The van der Waals surface area contributed by atoms with E-state index in [0.717, 1.165) is 19.4 Å². The molecule has 1 fully saturated rings. The molecule has 1 atom stereocenters. The molecule has 0 saturated heterocycles. The Bertz CT molecular complexity index is 304. The van der Waals surface area contributed by atoms with Crippen LogP contribution < -0.4 is 0 Å². The first-order chi connectivity index (χ1) is 7.27. The highest BCUT2D eigenvalue weighted by Crippen LogP contribution is 2.48. The molecule has 1 saturated carbocycles. The molecule has 2 heteroatoms. The molecular weight excluding hydrogens is 188 g/mol. The first-order valence-corrected chi connectivity index (χ1v) is 5.69. The summed E-state index contributed by atoms with van der Waals surface area (Å²) in [6.45, 7) is 5.02. The van der Waals surface area contributed by atoms with E-state index in [4.69, 9.17) is 4.74 Å². The minimum Gasteiger partial charge on any atom is -0.376 e. The van der Waals surface area contributed by atoms with E-state index in [1.165, 1.54) is 18.4 Å². The number of ether oxygens (including phenoxy) is 1. The predicted molar refractivity (Wildman–Crippen MR) is 59.6 cm³/mol. The smallest absolute Gasteiger partial charge is 0.155 e. The van der Waals surface area contributed by atoms with Gasteiger partial charge in [-0.25, -0.2) is 0 Å². The standard InChI is InChI=1S/C13H18O2/c1-2-8-15-10-13-6-3-4-11(13)9-12(14)5-7-13/h2,9H,1,3-8,10H2. The fourth-order valence-corrected chi connectivity index (χ4v) is 2.76. The lowest BCUT2D eigenvalue weighted by molar-refractivity contribution is -0.116. The summed E-state index contributed by atoms with van der Waals surface area (Å²) < 4.78 is 5.59. The number of ketones is 1. The van der Waals surface area contributed by atoms with Gasteiger partial charge in [-0.1, -0.05) is 11.6 Å². The summed E-state index contributed by atoms with van der Waals surface area (Å²) >= 11 is 0. The van der Waals surface area contributed by atoms with E-state index in [1.807, 2.05) is 6.08 Å². The molecule has 0 aromatic rings. The van der Waals surface area contributed by atoms with Crippen LogP contribution in [0.2, 0.25) is 0 Å². The van der Waals surface area contributed by atoms with Gasteiger partial charge in [-0.05, 0) is 31.8 Å². The van der Waals surface area contributed by atoms with Crippen molar-refractivity contribution in [3.8, 4) is 0 Å². The maximum atomic E-state index is 11.3. The van der Waals surface area contributed by atoms with Gasteiger partial charge in [0.15, 0.2) is 5.78 Å². The quantitative estimate of drug-likeness (QED) is 0.522. The van der Waals surface area contributed by atoms with E-state index < -0.39 is 0 Å². The molecule has 0 spiro atoms. The third-order valence-electron chi connectivity index (χ3n) is 3.58. The molecule has 0 aromatic carbocycles. The van der Waals surface area contributed by atoms with Crippen molar-refractivity contribution in [2.45, 2.75) is 32.1 Å². The zero-order valence-corrected chi connectivity index (χ0v) is 9.13. The fourth-order valence-electron chi connectivity index (χ4n) is 2.76. The number of hydrogen-bond acceptors (Lipinski definition) is 2. The van der Waals surface area contributed by atoms with Crippen molar-refractivity contribution in [2.75, 3.05) is 13.2 Å². The molecular formula is C13H18O2. The highest BCUT2D eigenvalue weighted by molar-refractivity contribution is 5.91. The third-order valence-corrected chi connectivity index (χ3v) is 3.58. The van der Waals surface area contributed by atoms with Crippen LogP contribution in [0.4, 0.5) is 0 Å². The van der Waals surface area contributed by atoms with Crippen molar-refractivity contribution >= 4 is 5.78 Å². The summed E-state index contributed by atoms with van der Waals surface area (Å²) in [5, 5.41) is 0. The van der Waals surface area contributed by atoms with E-state index in [0.29, 0.717) is 18.8 Å². The van der Waals surface area contributed by atoms with Crippen molar-refractivity contribution in [1.29, 1.82) is 0 Å². The Kier molecular flexibility index (Phi) is 3.06. The number of fused-ring (bicyclic) bond motifs is 1. The highest BCUT2D eigenvalue weighted by Gasteiger charge is 2.41. The number of carbonyl (C=O) groups excluding carboxylic acids is 1. The Morgan fingerprint density at radius 1 is 1.47 bits per heavy atom. The lowest BCUT2D eigenvalue weighted by atomic mass is 9.74. The zero-order chi connectivity index (χ0) is 10.7. The lowest BCUT2D eigenvalue weighted by Crippen LogP contribution is -2.29. The van der Waals surface area contributed by atoms with Gasteiger partial charge in [0.2, 0.25) is 0 Å². The molecule has 15 heavy (non-hydrogen) atoms. The van der Waals surface area contributed by atoms with Crippen LogP contribution in [-0.4, -0.2) is 19.0 Å². The number of hydrogen-bond donors (Lipinski definition) is 0. The van der Waals surface area contributed by atoms with E-state index in [2.05, 4.69) is 6.58 Å². The van der Waals surface area contributed by atoms with E-state index >= 15 is 0 Å². The normalized spacial score (nSPS) is 29.9. The van der Waals surface area contributed by atoms with Crippen LogP contribution >= 0.6 is 0 Å². The summed E-state index contributed by atoms with van der Waals surface area (Å²) in [5.41, 5.74) is 1.53. The van der Waals surface area contributed by atoms with Gasteiger partial charge in [0.1, 0.15) is 0 Å². The molecule has 2 aliphatic carbocycles. The number of carbonyl (C=O) groups is 1. The number of rotatable bonds is 4. The largest absolute Gasteiger partial charge is 0.376 e. The molecule has 0 radical (unpaired) electrons. The van der Waals surface area contributed by atoms with Gasteiger partial charge in [0, 0.05) is 11.8 Å². The van der Waals surface area contributed by atoms with Gasteiger partial charge in [0.05, 0.1) is 13.2 Å². The molecule has 0 heterocycles. The van der Waals surface area contributed by atoms with Gasteiger partial charge in [-0.15, -0.1) is 6.58 Å². The van der Waals surface area contributed by atoms with E-state index in [9.17, 15) is 4.79 Å². The Balaban J connectivity index is 2.07. The first kappa shape index (κ1) is 10.6. The molecule has 2 nitrogen and oxygen atoms in total. The van der Waals surface area contributed by atoms with Crippen LogP contribution in [0.1, 0.15) is 32.1 Å². The zero-order valence-electron chi connectivity index (χ0n) is 9.13. The van der Waals surface area contributed by atoms with Gasteiger partial charge >= 0.3 is 0 Å². The molecule has 0 bridgehead atoms. The molecule has 0 aromatic heterocycles. The molecule has 0 amide bonds. The Morgan fingerprint density at radius 2 is 2.33 bits per heavy atom. The predicted octanol–water partition coefficient (Wildman–Crippen LogP) is 2.65. The van der Waals surface area contributed by atoms with Gasteiger partial charge in [0.25, 0.3) is 0 Å². The van der Waals surface area contributed by atoms with Gasteiger partial charge in [-0.2, -0.15) is 0 Å². The summed E-state index contributed by atoms with van der Waals surface area (Å²) in [4.78, 5) is 11.3. The molecule has 2 aliphatic rings. The highest BCUT2D eigenvalue weighted by atomic mass is 16.5. The topological polar surface area (TPSA) is 26.3 Å². The van der Waals surface area contributed by atoms with E-state index in [1.54, 1.807) is 6.08 Å². The van der Waals surface area contributed by atoms with Gasteiger partial charge in [-0.3, -0.25) is 4.79 Å². The minimum absolute atomic E-state index is 0.191. The summed E-state index contributed by atoms with van der Waals surface area (Å²) in [5.74, 6) is 0.297. The molecule has 0 aliphatic heterocycles. The van der Waals surface area contributed by atoms with Crippen molar-refractivity contribution in [2.24, 2.45) is 5.41 Å². The molecule has 0 N–H and O–H groups in total. The second-order valence-electron chi connectivity index (χ2n) is 4.57. The Labute approximate surface area is 91.0 Å². The van der Waals surface area contributed by atoms with Crippen LogP contribution in [0.25, 0.3) is 0 Å². The molecule has 82 valence electrons. The van der Waals surface area contributed by atoms with Crippen LogP contribution in [0, 0.1) is 5.41 Å². The average molecular weight is 206 g/mol. The van der Waals surface area contributed by atoms with Crippen molar-refractivity contribution < 1.29 is 9.53 Å². The van der Waals surface area contributed by atoms with Crippen molar-refractivity contribution in [1.82, 2.24) is 0 Å². The van der Waals surface area contributed by atoms with Gasteiger partial charge < -0.3 is 4.74 Å². The Hall–Kier alpha value is -0.890. The maximum Gasteiger partial charge on any atom is 0.155 e. The maximum absolute atomic E-state index is 11.3. The fraction of sp³-hybridized carbons (Fsp3) is 0.615. The lowest BCUT2D eigenvalue weighted by Gasteiger charge is -2.33.